The number of aryl methyl sites for hydroxylation is 2. The first-order valence-electron chi connectivity index (χ1n) is 4.70. The van der Waals surface area contributed by atoms with E-state index in [-0.39, 0.29) is 0 Å². The van der Waals surface area contributed by atoms with Gasteiger partial charge in [-0.3, -0.25) is 0 Å². The van der Waals surface area contributed by atoms with E-state index in [2.05, 4.69) is 50.2 Å². The zero-order valence-corrected chi connectivity index (χ0v) is 8.68. The van der Waals surface area contributed by atoms with Crippen molar-refractivity contribution in [3.63, 3.8) is 0 Å². The number of hydrogen-bond donors (Lipinski definition) is 1. The SMILES string of the molecule is Cc1cc2c(cc1C)N(C)C(C)N2. The fraction of sp³-hybridized carbons (Fsp3) is 0.455. The average Bonchev–Trinajstić information content (AvgIpc) is 2.32. The van der Waals surface area contributed by atoms with Crippen molar-refractivity contribution in [1.82, 2.24) is 0 Å². The van der Waals surface area contributed by atoms with Crippen molar-refractivity contribution >= 4 is 11.4 Å². The molecule has 1 aliphatic heterocycles. The predicted octanol–water partition coefficient (Wildman–Crippen LogP) is 2.51. The standard InChI is InChI=1S/C11H16N2/c1-7-5-10-11(6-8(7)2)13(4)9(3)12-10/h5-6,9,12H,1-4H3. The molecule has 0 saturated carbocycles. The molecule has 0 aromatic heterocycles. The van der Waals surface area contributed by atoms with E-state index in [9.17, 15) is 0 Å². The highest BCUT2D eigenvalue weighted by atomic mass is 15.3. The highest BCUT2D eigenvalue weighted by molar-refractivity contribution is 5.77. The lowest BCUT2D eigenvalue weighted by atomic mass is 10.1. The topological polar surface area (TPSA) is 15.3 Å². The highest BCUT2D eigenvalue weighted by Gasteiger charge is 2.21. The van der Waals surface area contributed by atoms with Gasteiger partial charge in [0.15, 0.2) is 0 Å². The van der Waals surface area contributed by atoms with Crippen LogP contribution in [0.3, 0.4) is 0 Å². The van der Waals surface area contributed by atoms with Crippen molar-refractivity contribution in [3.05, 3.63) is 23.3 Å². The summed E-state index contributed by atoms with van der Waals surface area (Å²) in [5.74, 6) is 0. The lowest BCUT2D eigenvalue weighted by Gasteiger charge is -2.17. The van der Waals surface area contributed by atoms with Crippen LogP contribution in [0.25, 0.3) is 0 Å². The second-order valence-corrected chi connectivity index (χ2v) is 3.88. The van der Waals surface area contributed by atoms with Crippen LogP contribution in [0.4, 0.5) is 11.4 Å². The monoisotopic (exact) mass is 176 g/mol. The molecule has 70 valence electrons. The molecule has 1 N–H and O–H groups in total. The van der Waals surface area contributed by atoms with Crippen molar-refractivity contribution in [2.24, 2.45) is 0 Å². The Labute approximate surface area is 79.6 Å². The van der Waals surface area contributed by atoms with E-state index >= 15 is 0 Å². The minimum atomic E-state index is 0.413. The Kier molecular flexibility index (Phi) is 1.72. The summed E-state index contributed by atoms with van der Waals surface area (Å²) in [5.41, 5.74) is 5.30. The Hall–Kier alpha value is -1.18. The molecule has 0 fully saturated rings. The van der Waals surface area contributed by atoms with Crippen LogP contribution in [0, 0.1) is 13.8 Å². The molecule has 0 aliphatic carbocycles. The fourth-order valence-electron chi connectivity index (χ4n) is 1.74. The molecule has 1 atom stereocenters. The van der Waals surface area contributed by atoms with Gasteiger partial charge in [-0.1, -0.05) is 0 Å². The summed E-state index contributed by atoms with van der Waals surface area (Å²) in [6, 6.07) is 4.48. The normalized spacial score (nSPS) is 20.0. The Balaban J connectivity index is 2.53. The molecule has 2 heteroatoms. The Bertz CT molecular complexity index is 344. The van der Waals surface area contributed by atoms with Crippen molar-refractivity contribution in [1.29, 1.82) is 0 Å². The van der Waals surface area contributed by atoms with Crippen LogP contribution in [-0.4, -0.2) is 13.2 Å². The third-order valence-electron chi connectivity index (χ3n) is 2.94. The summed E-state index contributed by atoms with van der Waals surface area (Å²) in [6.07, 6.45) is 0.413. The summed E-state index contributed by atoms with van der Waals surface area (Å²) in [6.45, 7) is 6.48. The van der Waals surface area contributed by atoms with Gasteiger partial charge in [0.2, 0.25) is 0 Å². The van der Waals surface area contributed by atoms with E-state index in [1.165, 1.54) is 22.5 Å². The number of anilines is 2. The summed E-state index contributed by atoms with van der Waals surface area (Å²) < 4.78 is 0. The first-order valence-corrected chi connectivity index (χ1v) is 4.70. The minimum Gasteiger partial charge on any atom is -0.364 e. The average molecular weight is 176 g/mol. The smallest absolute Gasteiger partial charge is 0.0959 e. The number of hydrogen-bond acceptors (Lipinski definition) is 2. The molecule has 13 heavy (non-hydrogen) atoms. The number of nitrogens with one attached hydrogen (secondary N) is 1. The second-order valence-electron chi connectivity index (χ2n) is 3.88. The molecule has 1 aliphatic rings. The molecular weight excluding hydrogens is 160 g/mol. The van der Waals surface area contributed by atoms with E-state index in [0.717, 1.165) is 0 Å². The first-order chi connectivity index (χ1) is 6.09. The van der Waals surface area contributed by atoms with Crippen LogP contribution >= 0.6 is 0 Å². The number of fused-ring (bicyclic) bond motifs is 1. The molecule has 1 aromatic rings. The molecule has 0 bridgehead atoms. The summed E-state index contributed by atoms with van der Waals surface area (Å²) in [4.78, 5) is 2.27. The molecule has 1 heterocycles. The maximum atomic E-state index is 3.44. The van der Waals surface area contributed by atoms with Gasteiger partial charge in [0, 0.05) is 7.05 Å². The third kappa shape index (κ3) is 1.17. The molecular formula is C11H16N2. The predicted molar refractivity (Wildman–Crippen MR) is 57.4 cm³/mol. The molecule has 2 rings (SSSR count). The van der Waals surface area contributed by atoms with Gasteiger partial charge in [0.05, 0.1) is 17.5 Å². The molecule has 1 aromatic carbocycles. The maximum absolute atomic E-state index is 3.44. The van der Waals surface area contributed by atoms with E-state index in [4.69, 9.17) is 0 Å². The van der Waals surface area contributed by atoms with Crippen molar-refractivity contribution in [2.45, 2.75) is 26.9 Å². The second kappa shape index (κ2) is 2.66. The highest BCUT2D eigenvalue weighted by Crippen LogP contribution is 2.35. The number of benzene rings is 1. The van der Waals surface area contributed by atoms with Gasteiger partial charge in [-0.2, -0.15) is 0 Å². The largest absolute Gasteiger partial charge is 0.364 e. The third-order valence-corrected chi connectivity index (χ3v) is 2.94. The molecule has 0 saturated heterocycles. The van der Waals surface area contributed by atoms with Crippen molar-refractivity contribution in [3.8, 4) is 0 Å². The Morgan fingerprint density at radius 3 is 2.54 bits per heavy atom. The van der Waals surface area contributed by atoms with Gasteiger partial charge >= 0.3 is 0 Å². The zero-order valence-electron chi connectivity index (χ0n) is 8.68. The summed E-state index contributed by atoms with van der Waals surface area (Å²) in [5, 5.41) is 3.44. The van der Waals surface area contributed by atoms with Gasteiger partial charge in [-0.25, -0.2) is 0 Å². The molecule has 0 spiro atoms. The molecule has 0 amide bonds. The van der Waals surface area contributed by atoms with Crippen molar-refractivity contribution < 1.29 is 0 Å². The molecule has 1 unspecified atom stereocenters. The Morgan fingerprint density at radius 2 is 1.85 bits per heavy atom. The van der Waals surface area contributed by atoms with Gasteiger partial charge in [-0.15, -0.1) is 0 Å². The van der Waals surface area contributed by atoms with E-state index in [0.29, 0.717) is 6.17 Å². The van der Waals surface area contributed by atoms with Crippen LogP contribution in [0.15, 0.2) is 12.1 Å². The van der Waals surface area contributed by atoms with Gasteiger partial charge in [-0.05, 0) is 44.0 Å². The molecule has 0 radical (unpaired) electrons. The van der Waals surface area contributed by atoms with Crippen LogP contribution in [0.1, 0.15) is 18.1 Å². The summed E-state index contributed by atoms with van der Waals surface area (Å²) >= 11 is 0. The van der Waals surface area contributed by atoms with E-state index < -0.39 is 0 Å². The van der Waals surface area contributed by atoms with E-state index in [1.54, 1.807) is 0 Å². The quantitative estimate of drug-likeness (QED) is 0.653. The number of rotatable bonds is 0. The van der Waals surface area contributed by atoms with Crippen LogP contribution < -0.4 is 10.2 Å². The summed E-state index contributed by atoms with van der Waals surface area (Å²) in [7, 11) is 2.12. The lowest BCUT2D eigenvalue weighted by molar-refractivity contribution is 0.806. The maximum Gasteiger partial charge on any atom is 0.0959 e. The zero-order chi connectivity index (χ0) is 9.59. The van der Waals surface area contributed by atoms with Crippen molar-refractivity contribution in [2.75, 3.05) is 17.3 Å². The lowest BCUT2D eigenvalue weighted by Crippen LogP contribution is -2.28. The van der Waals surface area contributed by atoms with Gasteiger partial charge in [0.25, 0.3) is 0 Å². The van der Waals surface area contributed by atoms with Gasteiger partial charge in [0.1, 0.15) is 0 Å². The van der Waals surface area contributed by atoms with Crippen LogP contribution in [-0.2, 0) is 0 Å². The minimum absolute atomic E-state index is 0.413. The Morgan fingerprint density at radius 1 is 1.23 bits per heavy atom. The van der Waals surface area contributed by atoms with E-state index in [1.807, 2.05) is 0 Å². The van der Waals surface area contributed by atoms with Crippen LogP contribution in [0.2, 0.25) is 0 Å². The molecule has 2 nitrogen and oxygen atoms in total. The number of nitrogens with zero attached hydrogens (tertiary/aromatic N) is 1. The first kappa shape index (κ1) is 8.42. The van der Waals surface area contributed by atoms with Gasteiger partial charge < -0.3 is 10.2 Å². The van der Waals surface area contributed by atoms with Crippen LogP contribution in [0.5, 0.6) is 0 Å². The fourth-order valence-corrected chi connectivity index (χ4v) is 1.74.